The summed E-state index contributed by atoms with van der Waals surface area (Å²) in [5.41, 5.74) is 6.74. The minimum Gasteiger partial charge on any atom is -0.337 e. The molecule has 0 atom stereocenters. The Bertz CT molecular complexity index is 434. The molecule has 0 spiro atoms. The first-order chi connectivity index (χ1) is 9.05. The largest absolute Gasteiger partial charge is 0.337 e. The molecule has 1 aromatic rings. The van der Waals surface area contributed by atoms with Crippen LogP contribution in [0.3, 0.4) is 0 Å². The van der Waals surface area contributed by atoms with Crippen LogP contribution >= 0.6 is 0 Å². The maximum absolute atomic E-state index is 12.6. The Morgan fingerprint density at radius 3 is 2.68 bits per heavy atom. The van der Waals surface area contributed by atoms with Crippen molar-refractivity contribution in [3.8, 4) is 0 Å². The van der Waals surface area contributed by atoms with Gasteiger partial charge in [0.05, 0.1) is 11.7 Å². The summed E-state index contributed by atoms with van der Waals surface area (Å²) in [6.07, 6.45) is 8.70. The van der Waals surface area contributed by atoms with Crippen LogP contribution in [-0.2, 0) is 18.4 Å². The lowest BCUT2D eigenvalue weighted by Crippen LogP contribution is -2.56. The Labute approximate surface area is 114 Å². The first-order valence-corrected chi connectivity index (χ1v) is 7.11. The number of aromatic nitrogens is 2. The van der Waals surface area contributed by atoms with Crippen LogP contribution in [0.5, 0.6) is 0 Å². The topological polar surface area (TPSA) is 64.2 Å². The average Bonchev–Trinajstić information content (AvgIpc) is 2.81. The molecule has 106 valence electrons. The van der Waals surface area contributed by atoms with Gasteiger partial charge in [-0.25, -0.2) is 0 Å². The molecular weight excluding hydrogens is 240 g/mol. The Morgan fingerprint density at radius 2 is 2.16 bits per heavy atom. The Balaban J connectivity index is 2.06. The number of hydrogen-bond acceptors (Lipinski definition) is 3. The standard InChI is InChI=1S/C14H24N4O/c1-3-18(11-12-9-16-17(2)10-12)13(19)14(15)7-5-4-6-8-14/h9-10H,3-8,11,15H2,1-2H3. The van der Waals surface area contributed by atoms with E-state index in [1.807, 2.05) is 25.1 Å². The maximum Gasteiger partial charge on any atom is 0.242 e. The van der Waals surface area contributed by atoms with Gasteiger partial charge in [-0.3, -0.25) is 9.48 Å². The van der Waals surface area contributed by atoms with Gasteiger partial charge >= 0.3 is 0 Å². The van der Waals surface area contributed by atoms with Crippen LogP contribution in [0.4, 0.5) is 0 Å². The zero-order valence-electron chi connectivity index (χ0n) is 11.9. The van der Waals surface area contributed by atoms with Crippen molar-refractivity contribution in [2.45, 2.75) is 51.1 Å². The van der Waals surface area contributed by atoms with Crippen molar-refractivity contribution in [2.75, 3.05) is 6.54 Å². The summed E-state index contributed by atoms with van der Waals surface area (Å²) in [5, 5.41) is 4.14. The van der Waals surface area contributed by atoms with Crippen LogP contribution in [0.15, 0.2) is 12.4 Å². The molecule has 2 rings (SSSR count). The molecular formula is C14H24N4O. The van der Waals surface area contributed by atoms with E-state index in [2.05, 4.69) is 5.10 Å². The van der Waals surface area contributed by atoms with Crippen molar-refractivity contribution in [3.05, 3.63) is 18.0 Å². The average molecular weight is 264 g/mol. The highest BCUT2D eigenvalue weighted by Crippen LogP contribution is 2.28. The molecule has 5 nitrogen and oxygen atoms in total. The van der Waals surface area contributed by atoms with E-state index < -0.39 is 5.54 Å². The Hall–Kier alpha value is -1.36. The molecule has 0 saturated heterocycles. The van der Waals surface area contributed by atoms with Crippen molar-refractivity contribution in [1.82, 2.24) is 14.7 Å². The van der Waals surface area contributed by atoms with Gasteiger partial charge in [0.15, 0.2) is 0 Å². The zero-order valence-corrected chi connectivity index (χ0v) is 11.9. The normalized spacial score (nSPS) is 18.3. The second kappa shape index (κ2) is 5.74. The number of hydrogen-bond donors (Lipinski definition) is 1. The highest BCUT2D eigenvalue weighted by atomic mass is 16.2. The van der Waals surface area contributed by atoms with E-state index in [-0.39, 0.29) is 5.91 Å². The van der Waals surface area contributed by atoms with E-state index in [4.69, 9.17) is 5.73 Å². The number of likely N-dealkylation sites (N-methyl/N-ethyl adjacent to an activating group) is 1. The minimum absolute atomic E-state index is 0.0959. The molecule has 19 heavy (non-hydrogen) atoms. The lowest BCUT2D eigenvalue weighted by atomic mass is 9.81. The van der Waals surface area contributed by atoms with Gasteiger partial charge in [0.2, 0.25) is 5.91 Å². The van der Waals surface area contributed by atoms with Gasteiger partial charge in [0.25, 0.3) is 0 Å². The first kappa shape index (κ1) is 14.1. The van der Waals surface area contributed by atoms with Gasteiger partial charge in [0.1, 0.15) is 0 Å². The lowest BCUT2D eigenvalue weighted by Gasteiger charge is -2.36. The molecule has 1 amide bonds. The molecule has 1 aromatic heterocycles. The van der Waals surface area contributed by atoms with Gasteiger partial charge in [0, 0.05) is 31.9 Å². The summed E-state index contributed by atoms with van der Waals surface area (Å²) >= 11 is 0. The zero-order chi connectivity index (χ0) is 13.9. The van der Waals surface area contributed by atoms with Crippen LogP contribution in [-0.4, -0.2) is 32.7 Å². The fourth-order valence-electron chi connectivity index (χ4n) is 2.81. The number of nitrogens with two attached hydrogens (primary N) is 1. The van der Waals surface area contributed by atoms with E-state index in [1.54, 1.807) is 10.9 Å². The fraction of sp³-hybridized carbons (Fsp3) is 0.714. The predicted octanol–water partition coefficient (Wildman–Crippen LogP) is 1.43. The number of carbonyl (C=O) groups excluding carboxylic acids is 1. The van der Waals surface area contributed by atoms with Gasteiger partial charge in [-0.15, -0.1) is 0 Å². The molecule has 0 aliphatic heterocycles. The summed E-state index contributed by atoms with van der Waals surface area (Å²) in [6.45, 7) is 3.29. The quantitative estimate of drug-likeness (QED) is 0.894. The molecule has 0 unspecified atom stereocenters. The maximum atomic E-state index is 12.6. The van der Waals surface area contributed by atoms with E-state index in [1.165, 1.54) is 6.42 Å². The second-order valence-corrected chi connectivity index (χ2v) is 5.56. The van der Waals surface area contributed by atoms with E-state index >= 15 is 0 Å². The molecule has 2 N–H and O–H groups in total. The van der Waals surface area contributed by atoms with Crippen molar-refractivity contribution < 1.29 is 4.79 Å². The molecule has 1 fully saturated rings. The summed E-state index contributed by atoms with van der Waals surface area (Å²) in [4.78, 5) is 14.5. The van der Waals surface area contributed by atoms with Crippen LogP contribution in [0.1, 0.15) is 44.6 Å². The number of amides is 1. The summed E-state index contributed by atoms with van der Waals surface area (Å²) in [6, 6.07) is 0. The Kier molecular flexibility index (Phi) is 4.24. The molecule has 0 radical (unpaired) electrons. The molecule has 1 saturated carbocycles. The number of carbonyl (C=O) groups is 1. The van der Waals surface area contributed by atoms with Crippen molar-refractivity contribution >= 4 is 5.91 Å². The SMILES string of the molecule is CCN(Cc1cnn(C)c1)C(=O)C1(N)CCCCC1. The van der Waals surface area contributed by atoms with Crippen LogP contribution in [0.2, 0.25) is 0 Å². The molecule has 0 aromatic carbocycles. The van der Waals surface area contributed by atoms with Crippen molar-refractivity contribution in [3.63, 3.8) is 0 Å². The van der Waals surface area contributed by atoms with E-state index in [0.717, 1.165) is 31.2 Å². The molecule has 1 aliphatic carbocycles. The van der Waals surface area contributed by atoms with Crippen LogP contribution in [0.25, 0.3) is 0 Å². The first-order valence-electron chi connectivity index (χ1n) is 7.11. The smallest absolute Gasteiger partial charge is 0.242 e. The Morgan fingerprint density at radius 1 is 1.47 bits per heavy atom. The molecule has 1 aliphatic rings. The molecule has 1 heterocycles. The highest BCUT2D eigenvalue weighted by molar-refractivity contribution is 5.86. The van der Waals surface area contributed by atoms with Crippen molar-refractivity contribution in [2.24, 2.45) is 12.8 Å². The summed E-state index contributed by atoms with van der Waals surface area (Å²) < 4.78 is 1.76. The van der Waals surface area contributed by atoms with Gasteiger partial charge in [-0.2, -0.15) is 5.10 Å². The summed E-state index contributed by atoms with van der Waals surface area (Å²) in [7, 11) is 1.88. The predicted molar refractivity (Wildman–Crippen MR) is 74.3 cm³/mol. The minimum atomic E-state index is -0.642. The summed E-state index contributed by atoms with van der Waals surface area (Å²) in [5.74, 6) is 0.0959. The van der Waals surface area contributed by atoms with Crippen molar-refractivity contribution in [1.29, 1.82) is 0 Å². The van der Waals surface area contributed by atoms with Crippen LogP contribution < -0.4 is 5.73 Å². The lowest BCUT2D eigenvalue weighted by molar-refractivity contribution is -0.138. The molecule has 5 heteroatoms. The van der Waals surface area contributed by atoms with E-state index in [0.29, 0.717) is 13.1 Å². The third-order valence-corrected chi connectivity index (χ3v) is 3.97. The number of nitrogens with zero attached hydrogens (tertiary/aromatic N) is 3. The second-order valence-electron chi connectivity index (χ2n) is 5.56. The van der Waals surface area contributed by atoms with Gasteiger partial charge < -0.3 is 10.6 Å². The third kappa shape index (κ3) is 3.15. The van der Waals surface area contributed by atoms with Gasteiger partial charge in [-0.05, 0) is 19.8 Å². The highest BCUT2D eigenvalue weighted by Gasteiger charge is 2.37. The fourth-order valence-corrected chi connectivity index (χ4v) is 2.81. The monoisotopic (exact) mass is 264 g/mol. The van der Waals surface area contributed by atoms with Gasteiger partial charge in [-0.1, -0.05) is 19.3 Å². The van der Waals surface area contributed by atoms with Crippen LogP contribution in [0, 0.1) is 0 Å². The molecule has 0 bridgehead atoms. The van der Waals surface area contributed by atoms with E-state index in [9.17, 15) is 4.79 Å². The third-order valence-electron chi connectivity index (χ3n) is 3.97. The number of aryl methyl sites for hydroxylation is 1. The number of rotatable bonds is 4.